The molecule has 1 N–H and O–H groups in total. The Kier molecular flexibility index (Phi) is 3.44. The highest BCUT2D eigenvalue weighted by Gasteiger charge is 2.09. The maximum atomic E-state index is 11.9. The van der Waals surface area contributed by atoms with Gasteiger partial charge >= 0.3 is 0 Å². The summed E-state index contributed by atoms with van der Waals surface area (Å²) in [5.41, 5.74) is 2.28. The molecule has 0 aliphatic carbocycles. The van der Waals surface area contributed by atoms with Crippen LogP contribution in [-0.2, 0) is 12.9 Å². The largest absolute Gasteiger partial charge is 0.330 e. The summed E-state index contributed by atoms with van der Waals surface area (Å²) < 4.78 is 1.67. The van der Waals surface area contributed by atoms with Crippen LogP contribution in [0, 0.1) is 0 Å². The lowest BCUT2D eigenvalue weighted by Crippen LogP contribution is -2.15. The molecule has 88 valence electrons. The van der Waals surface area contributed by atoms with E-state index in [9.17, 15) is 4.79 Å². The molecule has 1 aromatic carbocycles. The SMILES string of the molecule is Cn1cncc1C(=O)Nc1ccc(CCl)cc1. The van der Waals surface area contributed by atoms with E-state index in [1.165, 1.54) is 6.20 Å². The van der Waals surface area contributed by atoms with Gasteiger partial charge in [0.1, 0.15) is 5.69 Å². The molecule has 2 aromatic rings. The first-order valence-corrected chi connectivity index (χ1v) is 5.66. The first-order valence-electron chi connectivity index (χ1n) is 5.13. The van der Waals surface area contributed by atoms with Crippen molar-refractivity contribution >= 4 is 23.2 Å². The lowest BCUT2D eigenvalue weighted by molar-refractivity contribution is 0.101. The van der Waals surface area contributed by atoms with Gasteiger partial charge in [-0.3, -0.25) is 4.79 Å². The summed E-state index contributed by atoms with van der Waals surface area (Å²) >= 11 is 5.69. The number of benzene rings is 1. The van der Waals surface area contributed by atoms with Crippen molar-refractivity contribution in [1.29, 1.82) is 0 Å². The van der Waals surface area contributed by atoms with Gasteiger partial charge in [0.2, 0.25) is 0 Å². The van der Waals surface area contributed by atoms with Crippen molar-refractivity contribution < 1.29 is 4.79 Å². The predicted molar refractivity (Wildman–Crippen MR) is 67.2 cm³/mol. The van der Waals surface area contributed by atoms with Crippen molar-refractivity contribution in [2.75, 3.05) is 5.32 Å². The number of aryl methyl sites for hydroxylation is 1. The maximum Gasteiger partial charge on any atom is 0.273 e. The number of rotatable bonds is 3. The van der Waals surface area contributed by atoms with Crippen molar-refractivity contribution in [2.45, 2.75) is 5.88 Å². The second-order valence-electron chi connectivity index (χ2n) is 3.67. The van der Waals surface area contributed by atoms with Gasteiger partial charge in [0.05, 0.1) is 12.5 Å². The molecule has 0 spiro atoms. The van der Waals surface area contributed by atoms with Crippen LogP contribution in [0.5, 0.6) is 0 Å². The van der Waals surface area contributed by atoms with E-state index in [1.54, 1.807) is 17.9 Å². The summed E-state index contributed by atoms with van der Waals surface area (Å²) in [7, 11) is 1.78. The van der Waals surface area contributed by atoms with Crippen LogP contribution in [-0.4, -0.2) is 15.5 Å². The standard InChI is InChI=1S/C12H12ClN3O/c1-16-8-14-7-11(16)12(17)15-10-4-2-9(6-13)3-5-10/h2-5,7-8H,6H2,1H3,(H,15,17). The highest BCUT2D eigenvalue weighted by molar-refractivity contribution is 6.17. The van der Waals surface area contributed by atoms with Crippen LogP contribution < -0.4 is 5.32 Å². The van der Waals surface area contributed by atoms with Crippen molar-refractivity contribution in [3.63, 3.8) is 0 Å². The Bertz CT molecular complexity index is 519. The Morgan fingerprint density at radius 1 is 1.41 bits per heavy atom. The zero-order chi connectivity index (χ0) is 12.3. The Morgan fingerprint density at radius 3 is 2.65 bits per heavy atom. The Labute approximate surface area is 104 Å². The van der Waals surface area contributed by atoms with E-state index in [-0.39, 0.29) is 5.91 Å². The van der Waals surface area contributed by atoms with E-state index in [2.05, 4.69) is 10.3 Å². The average molecular weight is 250 g/mol. The molecule has 1 amide bonds. The number of carbonyl (C=O) groups is 1. The number of carbonyl (C=O) groups excluding carboxylic acids is 1. The quantitative estimate of drug-likeness (QED) is 0.850. The third-order valence-corrected chi connectivity index (χ3v) is 2.72. The molecule has 2 rings (SSSR count). The highest BCUT2D eigenvalue weighted by atomic mass is 35.5. The van der Waals surface area contributed by atoms with Crippen molar-refractivity contribution in [3.05, 3.63) is 48.0 Å². The molecule has 0 aliphatic heterocycles. The number of nitrogens with zero attached hydrogens (tertiary/aromatic N) is 2. The molecule has 1 heterocycles. The minimum Gasteiger partial charge on any atom is -0.330 e. The lowest BCUT2D eigenvalue weighted by atomic mass is 10.2. The van der Waals surface area contributed by atoms with Gasteiger partial charge in [-0.25, -0.2) is 4.98 Å². The molecular weight excluding hydrogens is 238 g/mol. The topological polar surface area (TPSA) is 46.9 Å². The van der Waals surface area contributed by atoms with E-state index in [0.29, 0.717) is 11.6 Å². The molecule has 0 aliphatic rings. The summed E-state index contributed by atoms with van der Waals surface area (Å²) in [5, 5.41) is 2.79. The number of alkyl halides is 1. The lowest BCUT2D eigenvalue weighted by Gasteiger charge is -2.05. The molecule has 0 saturated carbocycles. The van der Waals surface area contributed by atoms with Gasteiger partial charge in [0.15, 0.2) is 0 Å². The Balaban J connectivity index is 2.10. The second-order valence-corrected chi connectivity index (χ2v) is 3.94. The van der Waals surface area contributed by atoms with Crippen LogP contribution >= 0.6 is 11.6 Å². The van der Waals surface area contributed by atoms with Crippen LogP contribution in [0.4, 0.5) is 5.69 Å². The van der Waals surface area contributed by atoms with E-state index in [4.69, 9.17) is 11.6 Å². The van der Waals surface area contributed by atoms with E-state index < -0.39 is 0 Å². The van der Waals surface area contributed by atoms with E-state index in [0.717, 1.165) is 11.3 Å². The first kappa shape index (κ1) is 11.7. The van der Waals surface area contributed by atoms with Crippen molar-refractivity contribution in [1.82, 2.24) is 9.55 Å². The fourth-order valence-corrected chi connectivity index (χ4v) is 1.63. The second kappa shape index (κ2) is 5.01. The number of nitrogens with one attached hydrogen (secondary N) is 1. The number of imidazole rings is 1. The Morgan fingerprint density at radius 2 is 2.12 bits per heavy atom. The zero-order valence-corrected chi connectivity index (χ0v) is 10.1. The van der Waals surface area contributed by atoms with E-state index in [1.807, 2.05) is 24.3 Å². The monoisotopic (exact) mass is 249 g/mol. The summed E-state index contributed by atoms with van der Waals surface area (Å²) in [5.74, 6) is 0.291. The van der Waals surface area contributed by atoms with Crippen molar-refractivity contribution in [2.24, 2.45) is 7.05 Å². The molecule has 5 heteroatoms. The summed E-state index contributed by atoms with van der Waals surface area (Å²) in [6.45, 7) is 0. The Hall–Kier alpha value is -1.81. The number of halogens is 1. The average Bonchev–Trinajstić information content (AvgIpc) is 2.76. The maximum absolute atomic E-state index is 11.9. The zero-order valence-electron chi connectivity index (χ0n) is 9.35. The number of hydrogen-bond acceptors (Lipinski definition) is 2. The third-order valence-electron chi connectivity index (χ3n) is 2.42. The summed E-state index contributed by atoms with van der Waals surface area (Å²) in [6, 6.07) is 7.41. The van der Waals surface area contributed by atoms with Gasteiger partial charge in [-0.1, -0.05) is 12.1 Å². The minimum atomic E-state index is -0.177. The number of anilines is 1. The normalized spacial score (nSPS) is 10.2. The summed E-state index contributed by atoms with van der Waals surface area (Å²) in [4.78, 5) is 15.7. The van der Waals surface area contributed by atoms with Gasteiger partial charge in [0.25, 0.3) is 5.91 Å². The fraction of sp³-hybridized carbons (Fsp3) is 0.167. The molecule has 0 saturated heterocycles. The smallest absolute Gasteiger partial charge is 0.273 e. The molecule has 0 atom stereocenters. The molecule has 0 bridgehead atoms. The number of amides is 1. The van der Waals surface area contributed by atoms with Crippen LogP contribution in [0.1, 0.15) is 16.1 Å². The summed E-state index contributed by atoms with van der Waals surface area (Å²) in [6.07, 6.45) is 3.12. The number of aromatic nitrogens is 2. The minimum absolute atomic E-state index is 0.177. The third kappa shape index (κ3) is 2.65. The van der Waals surface area contributed by atoms with Gasteiger partial charge < -0.3 is 9.88 Å². The van der Waals surface area contributed by atoms with E-state index >= 15 is 0 Å². The highest BCUT2D eigenvalue weighted by Crippen LogP contribution is 2.12. The molecular formula is C12H12ClN3O. The fourth-order valence-electron chi connectivity index (χ4n) is 1.45. The van der Waals surface area contributed by atoms with Crippen LogP contribution in [0.3, 0.4) is 0 Å². The van der Waals surface area contributed by atoms with Gasteiger partial charge in [-0.05, 0) is 17.7 Å². The molecule has 0 radical (unpaired) electrons. The van der Waals surface area contributed by atoms with Crippen LogP contribution in [0.15, 0.2) is 36.8 Å². The molecule has 4 nitrogen and oxygen atoms in total. The van der Waals surface area contributed by atoms with Crippen molar-refractivity contribution in [3.8, 4) is 0 Å². The molecule has 0 unspecified atom stereocenters. The van der Waals surface area contributed by atoms with Crippen LogP contribution in [0.2, 0.25) is 0 Å². The van der Waals surface area contributed by atoms with Gasteiger partial charge in [0, 0.05) is 18.6 Å². The predicted octanol–water partition coefficient (Wildman–Crippen LogP) is 2.41. The van der Waals surface area contributed by atoms with Crippen LogP contribution in [0.25, 0.3) is 0 Å². The number of hydrogen-bond donors (Lipinski definition) is 1. The molecule has 0 fully saturated rings. The van der Waals surface area contributed by atoms with Gasteiger partial charge in [-0.2, -0.15) is 0 Å². The molecule has 1 aromatic heterocycles. The molecule has 17 heavy (non-hydrogen) atoms. The van der Waals surface area contributed by atoms with Gasteiger partial charge in [-0.15, -0.1) is 11.6 Å². The first-order chi connectivity index (χ1) is 8.20.